The first-order chi connectivity index (χ1) is 10.6. The van der Waals surface area contributed by atoms with E-state index in [0.717, 1.165) is 33.7 Å². The van der Waals surface area contributed by atoms with Gasteiger partial charge in [0, 0.05) is 17.4 Å². The van der Waals surface area contributed by atoms with E-state index in [-0.39, 0.29) is 5.75 Å². The average Bonchev–Trinajstić information content (AvgIpc) is 2.50. The molecule has 0 aliphatic rings. The molecule has 0 spiro atoms. The first-order valence-corrected chi connectivity index (χ1v) is 6.96. The number of rotatable bonds is 3. The van der Waals surface area contributed by atoms with Gasteiger partial charge in [-0.1, -0.05) is 0 Å². The third kappa shape index (κ3) is 2.65. The molecule has 5 heteroatoms. The molecule has 0 unspecified atom stereocenters. The van der Waals surface area contributed by atoms with Crippen molar-refractivity contribution in [3.63, 3.8) is 0 Å². The molecule has 1 aromatic carbocycles. The van der Waals surface area contributed by atoms with Crippen LogP contribution in [0.2, 0.25) is 0 Å². The van der Waals surface area contributed by atoms with E-state index >= 15 is 0 Å². The lowest BCUT2D eigenvalue weighted by atomic mass is 10.2. The van der Waals surface area contributed by atoms with Gasteiger partial charge in [-0.2, -0.15) is 0 Å². The molecule has 2 heterocycles. The van der Waals surface area contributed by atoms with E-state index in [1.54, 1.807) is 19.2 Å². The van der Waals surface area contributed by atoms with Crippen LogP contribution in [0.5, 0.6) is 11.6 Å². The van der Waals surface area contributed by atoms with Crippen LogP contribution in [0.3, 0.4) is 0 Å². The second kappa shape index (κ2) is 5.52. The fourth-order valence-corrected chi connectivity index (χ4v) is 2.32. The molecule has 22 heavy (non-hydrogen) atoms. The molecule has 0 saturated carbocycles. The number of nitrogens with zero attached hydrogens (tertiary/aromatic N) is 2. The molecule has 0 fully saturated rings. The maximum atomic E-state index is 9.63. The third-order valence-electron chi connectivity index (χ3n) is 3.44. The Morgan fingerprint density at radius 2 is 1.86 bits per heavy atom. The van der Waals surface area contributed by atoms with Crippen molar-refractivity contribution in [1.29, 1.82) is 0 Å². The van der Waals surface area contributed by atoms with Gasteiger partial charge in [0.25, 0.3) is 0 Å². The quantitative estimate of drug-likeness (QED) is 0.721. The molecule has 0 radical (unpaired) electrons. The van der Waals surface area contributed by atoms with Crippen LogP contribution in [0.1, 0.15) is 11.3 Å². The van der Waals surface area contributed by atoms with Gasteiger partial charge < -0.3 is 15.2 Å². The van der Waals surface area contributed by atoms with Crippen molar-refractivity contribution in [3.05, 3.63) is 47.7 Å². The number of benzene rings is 1. The Bertz CT molecular complexity index is 847. The number of phenols is 1. The van der Waals surface area contributed by atoms with Crippen LogP contribution < -0.4 is 10.1 Å². The van der Waals surface area contributed by atoms with Crippen molar-refractivity contribution >= 4 is 22.4 Å². The largest absolute Gasteiger partial charge is 0.508 e. The van der Waals surface area contributed by atoms with Crippen LogP contribution in [-0.2, 0) is 0 Å². The maximum absolute atomic E-state index is 9.63. The predicted octanol–water partition coefficient (Wildman–Crippen LogP) is 3.70. The van der Waals surface area contributed by atoms with Crippen LogP contribution in [0.4, 0.5) is 11.4 Å². The van der Waals surface area contributed by atoms with E-state index in [1.165, 1.54) is 0 Å². The Balaban J connectivity index is 2.10. The highest BCUT2D eigenvalue weighted by molar-refractivity contribution is 5.90. The summed E-state index contributed by atoms with van der Waals surface area (Å²) in [6.45, 7) is 3.80. The molecule has 0 aliphatic heterocycles. The van der Waals surface area contributed by atoms with Gasteiger partial charge in [-0.3, -0.25) is 4.98 Å². The molecule has 0 bridgehead atoms. The molecule has 0 aliphatic carbocycles. The van der Waals surface area contributed by atoms with Crippen molar-refractivity contribution in [2.45, 2.75) is 13.8 Å². The Hall–Kier alpha value is -2.82. The fraction of sp³-hybridized carbons (Fsp3) is 0.176. The summed E-state index contributed by atoms with van der Waals surface area (Å²) in [6, 6.07) is 11.0. The van der Waals surface area contributed by atoms with Gasteiger partial charge in [-0.15, -0.1) is 0 Å². The number of methoxy groups -OCH3 is 1. The number of fused-ring (bicyclic) bond motifs is 1. The fourth-order valence-electron chi connectivity index (χ4n) is 2.32. The molecular weight excluding hydrogens is 278 g/mol. The maximum Gasteiger partial charge on any atom is 0.213 e. The minimum absolute atomic E-state index is 0.279. The molecule has 112 valence electrons. The van der Waals surface area contributed by atoms with Crippen LogP contribution in [-0.4, -0.2) is 22.2 Å². The van der Waals surface area contributed by atoms with Crippen LogP contribution >= 0.6 is 0 Å². The summed E-state index contributed by atoms with van der Waals surface area (Å²) in [4.78, 5) is 8.96. The summed E-state index contributed by atoms with van der Waals surface area (Å²) in [7, 11) is 1.59. The first kappa shape index (κ1) is 14.1. The SMILES string of the molecule is COc1ccc2nc(C)cc(Nc3ccc(O)c(C)c3)c2n1. The highest BCUT2D eigenvalue weighted by Crippen LogP contribution is 2.28. The van der Waals surface area contributed by atoms with E-state index < -0.39 is 0 Å². The van der Waals surface area contributed by atoms with Crippen molar-refractivity contribution < 1.29 is 9.84 Å². The monoisotopic (exact) mass is 295 g/mol. The van der Waals surface area contributed by atoms with Gasteiger partial charge in [0.15, 0.2) is 0 Å². The standard InChI is InChI=1S/C17H17N3O2/c1-10-8-12(4-6-15(10)21)19-14-9-11(2)18-13-5-7-16(22-3)20-17(13)14/h4-9,21H,1-3H3,(H,18,19). The Morgan fingerprint density at radius 3 is 2.59 bits per heavy atom. The lowest BCUT2D eigenvalue weighted by Gasteiger charge is -2.12. The zero-order valence-electron chi connectivity index (χ0n) is 12.7. The van der Waals surface area contributed by atoms with E-state index in [1.807, 2.05) is 38.1 Å². The molecule has 0 amide bonds. The molecular formula is C17H17N3O2. The molecule has 5 nitrogen and oxygen atoms in total. The number of hydrogen-bond donors (Lipinski definition) is 2. The Morgan fingerprint density at radius 1 is 1.05 bits per heavy atom. The van der Waals surface area contributed by atoms with Gasteiger partial charge in [0.1, 0.15) is 11.3 Å². The average molecular weight is 295 g/mol. The number of aromatic nitrogens is 2. The van der Waals surface area contributed by atoms with Crippen molar-refractivity contribution in [2.75, 3.05) is 12.4 Å². The van der Waals surface area contributed by atoms with E-state index in [2.05, 4.69) is 15.3 Å². The van der Waals surface area contributed by atoms with Gasteiger partial charge in [-0.05, 0) is 49.7 Å². The van der Waals surface area contributed by atoms with Crippen molar-refractivity contribution in [2.24, 2.45) is 0 Å². The van der Waals surface area contributed by atoms with Gasteiger partial charge in [0.2, 0.25) is 5.88 Å². The summed E-state index contributed by atoms with van der Waals surface area (Å²) in [6.07, 6.45) is 0. The summed E-state index contributed by atoms with van der Waals surface area (Å²) >= 11 is 0. The number of aryl methyl sites for hydroxylation is 2. The highest BCUT2D eigenvalue weighted by atomic mass is 16.5. The smallest absolute Gasteiger partial charge is 0.213 e. The summed E-state index contributed by atoms with van der Waals surface area (Å²) in [5, 5.41) is 13.0. The molecule has 0 saturated heterocycles. The van der Waals surface area contributed by atoms with Crippen molar-refractivity contribution in [1.82, 2.24) is 9.97 Å². The molecule has 3 aromatic rings. The number of phenolic OH excluding ortho intramolecular Hbond substituents is 1. The van der Waals surface area contributed by atoms with E-state index in [9.17, 15) is 5.11 Å². The second-order valence-electron chi connectivity index (χ2n) is 5.16. The lowest BCUT2D eigenvalue weighted by molar-refractivity contribution is 0.399. The minimum atomic E-state index is 0.279. The first-order valence-electron chi connectivity index (χ1n) is 6.96. The number of aromatic hydroxyl groups is 1. The van der Waals surface area contributed by atoms with Gasteiger partial charge >= 0.3 is 0 Å². The van der Waals surface area contributed by atoms with Crippen molar-refractivity contribution in [3.8, 4) is 11.6 Å². The lowest BCUT2D eigenvalue weighted by Crippen LogP contribution is -1.98. The number of nitrogens with one attached hydrogen (secondary N) is 1. The normalized spacial score (nSPS) is 10.7. The number of ether oxygens (including phenoxy) is 1. The van der Waals surface area contributed by atoms with Crippen LogP contribution in [0.15, 0.2) is 36.4 Å². The van der Waals surface area contributed by atoms with Crippen LogP contribution in [0.25, 0.3) is 11.0 Å². The summed E-state index contributed by atoms with van der Waals surface area (Å²) in [5.41, 5.74) is 5.00. The number of pyridine rings is 2. The van der Waals surface area contributed by atoms with Gasteiger partial charge in [0.05, 0.1) is 18.3 Å². The molecule has 3 rings (SSSR count). The zero-order valence-corrected chi connectivity index (χ0v) is 12.7. The van der Waals surface area contributed by atoms with Crippen LogP contribution in [0, 0.1) is 13.8 Å². The number of anilines is 2. The Labute approximate surface area is 128 Å². The summed E-state index contributed by atoms with van der Waals surface area (Å²) in [5.74, 6) is 0.823. The molecule has 2 aromatic heterocycles. The number of hydrogen-bond acceptors (Lipinski definition) is 5. The topological polar surface area (TPSA) is 67.3 Å². The predicted molar refractivity (Wildman–Crippen MR) is 87.0 cm³/mol. The Kier molecular flexibility index (Phi) is 3.55. The molecule has 0 atom stereocenters. The highest BCUT2D eigenvalue weighted by Gasteiger charge is 2.08. The van der Waals surface area contributed by atoms with Gasteiger partial charge in [-0.25, -0.2) is 4.98 Å². The summed E-state index contributed by atoms with van der Waals surface area (Å²) < 4.78 is 5.19. The zero-order chi connectivity index (χ0) is 15.7. The molecule has 2 N–H and O–H groups in total. The third-order valence-corrected chi connectivity index (χ3v) is 3.44. The van der Waals surface area contributed by atoms with E-state index in [4.69, 9.17) is 4.74 Å². The van der Waals surface area contributed by atoms with E-state index in [0.29, 0.717) is 5.88 Å². The minimum Gasteiger partial charge on any atom is -0.508 e. The second-order valence-corrected chi connectivity index (χ2v) is 5.16.